The Bertz CT molecular complexity index is 1290. The van der Waals surface area contributed by atoms with Gasteiger partial charge in [-0.1, -0.05) is 60.7 Å². The number of amides is 1. The zero-order valence-electron chi connectivity index (χ0n) is 17.7. The van der Waals surface area contributed by atoms with Crippen LogP contribution in [0.15, 0.2) is 84.0 Å². The van der Waals surface area contributed by atoms with E-state index in [1.807, 2.05) is 48.5 Å². The van der Waals surface area contributed by atoms with E-state index in [9.17, 15) is 4.79 Å². The van der Waals surface area contributed by atoms with Crippen molar-refractivity contribution in [3.8, 4) is 11.5 Å². The Kier molecular flexibility index (Phi) is 5.34. The lowest BCUT2D eigenvalue weighted by Crippen LogP contribution is -2.42. The minimum absolute atomic E-state index is 0.147. The fourth-order valence-electron chi connectivity index (χ4n) is 3.97. The van der Waals surface area contributed by atoms with Crippen LogP contribution < -0.4 is 14.9 Å². The van der Waals surface area contributed by atoms with Gasteiger partial charge in [0.05, 0.1) is 6.21 Å². The predicted molar refractivity (Wildman–Crippen MR) is 124 cm³/mol. The van der Waals surface area contributed by atoms with Crippen LogP contribution in [0.1, 0.15) is 16.8 Å². The van der Waals surface area contributed by atoms with E-state index >= 15 is 0 Å². The topological polar surface area (TPSA) is 64.8 Å². The van der Waals surface area contributed by atoms with Crippen molar-refractivity contribution in [3.63, 3.8) is 0 Å². The fraction of sp³-hybridized carbons (Fsp3) is 0.154. The maximum absolute atomic E-state index is 12.6. The quantitative estimate of drug-likeness (QED) is 0.383. The van der Waals surface area contributed by atoms with Gasteiger partial charge in [-0.2, -0.15) is 5.10 Å². The zero-order chi connectivity index (χ0) is 21.9. The third-order valence-corrected chi connectivity index (χ3v) is 5.63. The molecule has 1 aliphatic heterocycles. The summed E-state index contributed by atoms with van der Waals surface area (Å²) in [6, 6.07) is 25.9. The molecular formula is C26H23N3O3. The molecule has 0 radical (unpaired) electrons. The van der Waals surface area contributed by atoms with Crippen LogP contribution in [0.25, 0.3) is 10.9 Å². The number of hydrogen-bond donors (Lipinski definition) is 1. The normalized spacial score (nSPS) is 15.2. The summed E-state index contributed by atoms with van der Waals surface area (Å²) < 4.78 is 13.6. The molecule has 2 heterocycles. The molecule has 0 fully saturated rings. The van der Waals surface area contributed by atoms with Gasteiger partial charge in [-0.25, -0.2) is 5.43 Å². The minimum atomic E-state index is -0.748. The molecule has 6 nitrogen and oxygen atoms in total. The lowest BCUT2D eigenvalue weighted by molar-refractivity contribution is -0.130. The number of para-hydroxylation sites is 3. The van der Waals surface area contributed by atoms with Crippen LogP contribution in [0.3, 0.4) is 0 Å². The van der Waals surface area contributed by atoms with Gasteiger partial charge in [0.1, 0.15) is 6.61 Å². The van der Waals surface area contributed by atoms with Crippen LogP contribution in [0.5, 0.6) is 11.5 Å². The monoisotopic (exact) mass is 425 g/mol. The largest absolute Gasteiger partial charge is 0.485 e. The third-order valence-electron chi connectivity index (χ3n) is 5.63. The van der Waals surface area contributed by atoms with Gasteiger partial charge in [0.15, 0.2) is 11.5 Å². The van der Waals surface area contributed by atoms with Gasteiger partial charge < -0.3 is 14.0 Å². The molecule has 0 unspecified atom stereocenters. The molecule has 1 atom stereocenters. The van der Waals surface area contributed by atoms with E-state index in [-0.39, 0.29) is 12.5 Å². The third kappa shape index (κ3) is 3.83. The summed E-state index contributed by atoms with van der Waals surface area (Å²) in [6.07, 6.45) is 0.955. The van der Waals surface area contributed by atoms with Crippen LogP contribution >= 0.6 is 0 Å². The Labute approximate surface area is 186 Å². The smallest absolute Gasteiger partial charge is 0.284 e. The van der Waals surface area contributed by atoms with Crippen molar-refractivity contribution in [2.75, 3.05) is 6.61 Å². The van der Waals surface area contributed by atoms with Crippen LogP contribution in [0, 0.1) is 6.92 Å². The number of carbonyl (C=O) groups is 1. The van der Waals surface area contributed by atoms with E-state index in [0.29, 0.717) is 11.5 Å². The summed E-state index contributed by atoms with van der Waals surface area (Å²) in [5.74, 6) is 0.853. The van der Waals surface area contributed by atoms with Crippen molar-refractivity contribution in [3.05, 3.63) is 95.7 Å². The molecule has 1 amide bonds. The summed E-state index contributed by atoms with van der Waals surface area (Å²) in [5, 5.41) is 5.32. The molecule has 0 saturated heterocycles. The molecule has 0 bridgehead atoms. The second-order valence-electron chi connectivity index (χ2n) is 7.69. The van der Waals surface area contributed by atoms with Crippen LogP contribution in [-0.2, 0) is 11.3 Å². The lowest BCUT2D eigenvalue weighted by Gasteiger charge is -2.24. The molecule has 1 aliphatic rings. The van der Waals surface area contributed by atoms with E-state index in [1.54, 1.807) is 12.3 Å². The second-order valence-corrected chi connectivity index (χ2v) is 7.69. The highest BCUT2D eigenvalue weighted by Crippen LogP contribution is 2.31. The minimum Gasteiger partial charge on any atom is -0.485 e. The molecule has 3 aromatic carbocycles. The van der Waals surface area contributed by atoms with E-state index in [4.69, 9.17) is 9.47 Å². The Hall–Kier alpha value is -4.06. The van der Waals surface area contributed by atoms with Gasteiger partial charge in [-0.15, -0.1) is 0 Å². The molecule has 1 aromatic heterocycles. The van der Waals surface area contributed by atoms with Crippen LogP contribution in [-0.4, -0.2) is 29.4 Å². The number of aromatic nitrogens is 1. The predicted octanol–water partition coefficient (Wildman–Crippen LogP) is 4.29. The highest BCUT2D eigenvalue weighted by atomic mass is 16.6. The molecule has 0 saturated carbocycles. The SMILES string of the molecule is Cc1c(/C=N/NC(=O)[C@@H]2COc3ccccc3O2)c2ccccc2n1Cc1ccccc1. The number of rotatable bonds is 5. The summed E-state index contributed by atoms with van der Waals surface area (Å²) in [6.45, 7) is 2.98. The van der Waals surface area contributed by atoms with Crippen molar-refractivity contribution in [1.82, 2.24) is 9.99 Å². The molecule has 1 N–H and O–H groups in total. The fourth-order valence-corrected chi connectivity index (χ4v) is 3.97. The molecule has 160 valence electrons. The van der Waals surface area contributed by atoms with Gasteiger partial charge in [0.25, 0.3) is 5.91 Å². The highest BCUT2D eigenvalue weighted by Gasteiger charge is 2.27. The van der Waals surface area contributed by atoms with Crippen molar-refractivity contribution >= 4 is 23.0 Å². The Balaban J connectivity index is 1.35. The van der Waals surface area contributed by atoms with Crippen molar-refractivity contribution in [2.45, 2.75) is 19.6 Å². The van der Waals surface area contributed by atoms with Gasteiger partial charge in [-0.05, 0) is 30.7 Å². The van der Waals surface area contributed by atoms with Gasteiger partial charge in [0, 0.05) is 28.7 Å². The maximum Gasteiger partial charge on any atom is 0.284 e. The first-order valence-electron chi connectivity index (χ1n) is 10.5. The molecule has 4 aromatic rings. The first-order chi connectivity index (χ1) is 15.7. The number of hydrazone groups is 1. The second kappa shape index (κ2) is 8.59. The van der Waals surface area contributed by atoms with Gasteiger partial charge in [-0.3, -0.25) is 4.79 Å². The molecule has 32 heavy (non-hydrogen) atoms. The van der Waals surface area contributed by atoms with E-state index in [0.717, 1.165) is 28.7 Å². The number of nitrogens with one attached hydrogen (secondary N) is 1. The number of hydrogen-bond acceptors (Lipinski definition) is 4. The van der Waals surface area contributed by atoms with Crippen LogP contribution in [0.2, 0.25) is 0 Å². The average Bonchev–Trinajstić information content (AvgIpc) is 3.10. The zero-order valence-corrected chi connectivity index (χ0v) is 17.7. The first kappa shape index (κ1) is 19.9. The molecule has 6 heteroatoms. The van der Waals surface area contributed by atoms with Crippen molar-refractivity contribution < 1.29 is 14.3 Å². The summed E-state index contributed by atoms with van der Waals surface area (Å²) in [5.41, 5.74) is 7.01. The Morgan fingerprint density at radius 3 is 2.59 bits per heavy atom. The lowest BCUT2D eigenvalue weighted by atomic mass is 10.1. The summed E-state index contributed by atoms with van der Waals surface area (Å²) >= 11 is 0. The van der Waals surface area contributed by atoms with Crippen LogP contribution in [0.4, 0.5) is 0 Å². The number of carbonyl (C=O) groups excluding carboxylic acids is 1. The molecule has 0 aliphatic carbocycles. The first-order valence-corrected chi connectivity index (χ1v) is 10.5. The number of fused-ring (bicyclic) bond motifs is 2. The average molecular weight is 425 g/mol. The van der Waals surface area contributed by atoms with Crippen molar-refractivity contribution in [2.24, 2.45) is 5.10 Å². The molecule has 0 spiro atoms. The maximum atomic E-state index is 12.6. The number of nitrogens with zero attached hydrogens (tertiary/aromatic N) is 2. The Morgan fingerprint density at radius 2 is 1.75 bits per heavy atom. The highest BCUT2D eigenvalue weighted by molar-refractivity contribution is 6.01. The van der Waals surface area contributed by atoms with E-state index < -0.39 is 6.10 Å². The Morgan fingerprint density at radius 1 is 1.03 bits per heavy atom. The standard InChI is InChI=1S/C26H23N3O3/c1-18-21(15-27-28-26(30)25-17-31-23-13-7-8-14-24(23)32-25)20-11-5-6-12-22(20)29(18)16-19-9-3-2-4-10-19/h2-15,25H,16-17H2,1H3,(H,28,30)/b27-15+/t25-/m0/s1. The van der Waals surface area contributed by atoms with E-state index in [2.05, 4.69) is 46.3 Å². The summed E-state index contributed by atoms with van der Waals surface area (Å²) in [7, 11) is 0. The molecule has 5 rings (SSSR count). The van der Waals surface area contributed by atoms with Crippen molar-refractivity contribution in [1.29, 1.82) is 0 Å². The number of ether oxygens (including phenoxy) is 2. The van der Waals surface area contributed by atoms with E-state index in [1.165, 1.54) is 5.56 Å². The summed E-state index contributed by atoms with van der Waals surface area (Å²) in [4.78, 5) is 12.6. The van der Waals surface area contributed by atoms with Gasteiger partial charge >= 0.3 is 0 Å². The number of benzene rings is 3. The molecular weight excluding hydrogens is 402 g/mol. The van der Waals surface area contributed by atoms with Gasteiger partial charge in [0.2, 0.25) is 6.10 Å².